The van der Waals surface area contributed by atoms with Crippen molar-refractivity contribution in [3.63, 3.8) is 0 Å². The summed E-state index contributed by atoms with van der Waals surface area (Å²) in [7, 11) is 1.68. The Hall–Kier alpha value is -1.88. The topological polar surface area (TPSA) is 56.1 Å². The summed E-state index contributed by atoms with van der Waals surface area (Å²) in [6.07, 6.45) is 6.44. The second-order valence-corrected chi connectivity index (χ2v) is 5.23. The number of nitrogens with one attached hydrogen (secondary N) is 1. The summed E-state index contributed by atoms with van der Waals surface area (Å²) >= 11 is 0. The van der Waals surface area contributed by atoms with Gasteiger partial charge in [-0.2, -0.15) is 0 Å². The summed E-state index contributed by atoms with van der Waals surface area (Å²) in [6, 6.07) is 4.33. The first kappa shape index (κ1) is 13.1. The number of ether oxygens (including phenoxy) is 1. The Kier molecular flexibility index (Phi) is 3.69. The molecule has 20 heavy (non-hydrogen) atoms. The van der Waals surface area contributed by atoms with Crippen LogP contribution in [-0.2, 0) is 22.5 Å². The van der Waals surface area contributed by atoms with Crippen LogP contribution in [-0.4, -0.2) is 35.2 Å². The molecule has 2 aromatic heterocycles. The van der Waals surface area contributed by atoms with Crippen LogP contribution < -0.4 is 5.32 Å². The zero-order chi connectivity index (χ0) is 13.9. The van der Waals surface area contributed by atoms with Crippen molar-refractivity contribution in [2.45, 2.75) is 31.8 Å². The number of hydrogen-bond acceptors (Lipinski definition) is 3. The molecule has 5 heteroatoms. The summed E-state index contributed by atoms with van der Waals surface area (Å²) in [4.78, 5) is 16.4. The minimum atomic E-state index is 0.0992. The van der Waals surface area contributed by atoms with Gasteiger partial charge in [-0.15, -0.1) is 0 Å². The van der Waals surface area contributed by atoms with Crippen molar-refractivity contribution in [2.75, 3.05) is 13.7 Å². The monoisotopic (exact) mass is 273 g/mol. The molecule has 0 aromatic carbocycles. The van der Waals surface area contributed by atoms with Gasteiger partial charge in [0.2, 0.25) is 5.91 Å². The van der Waals surface area contributed by atoms with E-state index in [1.165, 1.54) is 0 Å². The normalized spacial score (nSPS) is 14.7. The van der Waals surface area contributed by atoms with Gasteiger partial charge in [0.25, 0.3) is 0 Å². The smallest absolute Gasteiger partial charge is 0.224 e. The number of carbonyl (C=O) groups excluding carboxylic acids is 1. The number of hydrogen-bond donors (Lipinski definition) is 1. The molecule has 1 aliphatic carbocycles. The van der Waals surface area contributed by atoms with E-state index in [1.54, 1.807) is 13.3 Å². The van der Waals surface area contributed by atoms with E-state index in [0.717, 1.165) is 36.0 Å². The van der Waals surface area contributed by atoms with E-state index in [4.69, 9.17) is 4.74 Å². The molecule has 1 aliphatic rings. The number of fused-ring (bicyclic) bond motifs is 1. The number of rotatable bonds is 6. The fourth-order valence-electron chi connectivity index (χ4n) is 2.38. The van der Waals surface area contributed by atoms with Crippen LogP contribution in [0, 0.1) is 0 Å². The van der Waals surface area contributed by atoms with Crippen molar-refractivity contribution in [1.82, 2.24) is 14.9 Å². The molecule has 0 aliphatic heterocycles. The fourth-order valence-corrected chi connectivity index (χ4v) is 2.38. The van der Waals surface area contributed by atoms with Gasteiger partial charge in [0.1, 0.15) is 5.65 Å². The van der Waals surface area contributed by atoms with E-state index in [9.17, 15) is 4.79 Å². The standard InChI is InChI=1S/C15H19N3O2/c1-20-8-7-18-10-11(9-14(19)17-12-4-5-12)13-3-2-6-16-15(13)18/h2-3,6,10,12H,4-5,7-9H2,1H3,(H,17,19). The van der Waals surface area contributed by atoms with Gasteiger partial charge in [-0.05, 0) is 30.5 Å². The summed E-state index contributed by atoms with van der Waals surface area (Å²) in [5.74, 6) is 0.0992. The fraction of sp³-hybridized carbons (Fsp3) is 0.467. The average Bonchev–Trinajstić information content (AvgIpc) is 3.19. The van der Waals surface area contributed by atoms with Crippen LogP contribution in [0.2, 0.25) is 0 Å². The largest absolute Gasteiger partial charge is 0.383 e. The maximum Gasteiger partial charge on any atom is 0.224 e. The minimum absolute atomic E-state index is 0.0992. The molecule has 2 aromatic rings. The lowest BCUT2D eigenvalue weighted by Crippen LogP contribution is -2.26. The maximum atomic E-state index is 12.0. The Morgan fingerprint density at radius 3 is 3.15 bits per heavy atom. The second kappa shape index (κ2) is 5.63. The average molecular weight is 273 g/mol. The van der Waals surface area contributed by atoms with Gasteiger partial charge in [-0.1, -0.05) is 0 Å². The Labute approximate surface area is 117 Å². The first-order chi connectivity index (χ1) is 9.78. The summed E-state index contributed by atoms with van der Waals surface area (Å²) < 4.78 is 7.17. The predicted molar refractivity (Wildman–Crippen MR) is 76.5 cm³/mol. The molecular formula is C15H19N3O2. The number of carbonyl (C=O) groups is 1. The predicted octanol–water partition coefficient (Wildman–Crippen LogP) is 1.50. The highest BCUT2D eigenvalue weighted by molar-refractivity contribution is 5.87. The van der Waals surface area contributed by atoms with Crippen molar-refractivity contribution in [2.24, 2.45) is 0 Å². The van der Waals surface area contributed by atoms with E-state index >= 15 is 0 Å². The first-order valence-corrected chi connectivity index (χ1v) is 6.99. The van der Waals surface area contributed by atoms with Crippen LogP contribution in [0.3, 0.4) is 0 Å². The van der Waals surface area contributed by atoms with Gasteiger partial charge >= 0.3 is 0 Å². The van der Waals surface area contributed by atoms with E-state index in [0.29, 0.717) is 19.1 Å². The van der Waals surface area contributed by atoms with Crippen LogP contribution in [0.5, 0.6) is 0 Å². The minimum Gasteiger partial charge on any atom is -0.383 e. The Balaban J connectivity index is 1.83. The number of aromatic nitrogens is 2. The third-order valence-electron chi connectivity index (χ3n) is 3.55. The van der Waals surface area contributed by atoms with Gasteiger partial charge in [0, 0.05) is 37.5 Å². The number of methoxy groups -OCH3 is 1. The van der Waals surface area contributed by atoms with E-state index in [-0.39, 0.29) is 5.91 Å². The summed E-state index contributed by atoms with van der Waals surface area (Å²) in [6.45, 7) is 1.38. The van der Waals surface area contributed by atoms with Gasteiger partial charge < -0.3 is 14.6 Å². The van der Waals surface area contributed by atoms with E-state index in [2.05, 4.69) is 14.9 Å². The van der Waals surface area contributed by atoms with Crippen LogP contribution in [0.4, 0.5) is 0 Å². The van der Waals surface area contributed by atoms with Gasteiger partial charge in [-0.3, -0.25) is 4.79 Å². The highest BCUT2D eigenvalue weighted by Crippen LogP contribution is 2.22. The molecule has 0 bridgehead atoms. The summed E-state index contributed by atoms with van der Waals surface area (Å²) in [5, 5.41) is 4.08. The highest BCUT2D eigenvalue weighted by Gasteiger charge is 2.23. The molecule has 0 radical (unpaired) electrons. The lowest BCUT2D eigenvalue weighted by atomic mass is 10.1. The molecule has 5 nitrogen and oxygen atoms in total. The van der Waals surface area contributed by atoms with Crippen molar-refractivity contribution >= 4 is 16.9 Å². The molecule has 3 rings (SSSR count). The highest BCUT2D eigenvalue weighted by atomic mass is 16.5. The molecule has 1 amide bonds. The lowest BCUT2D eigenvalue weighted by Gasteiger charge is -2.02. The Morgan fingerprint density at radius 2 is 2.40 bits per heavy atom. The van der Waals surface area contributed by atoms with Crippen LogP contribution in [0.15, 0.2) is 24.5 Å². The maximum absolute atomic E-state index is 12.0. The third-order valence-corrected chi connectivity index (χ3v) is 3.55. The number of amides is 1. The number of nitrogens with zero attached hydrogens (tertiary/aromatic N) is 2. The molecule has 0 saturated heterocycles. The van der Waals surface area contributed by atoms with Gasteiger partial charge in [0.15, 0.2) is 0 Å². The third kappa shape index (κ3) is 2.82. The van der Waals surface area contributed by atoms with Crippen LogP contribution in [0.1, 0.15) is 18.4 Å². The van der Waals surface area contributed by atoms with Crippen molar-refractivity contribution in [1.29, 1.82) is 0 Å². The van der Waals surface area contributed by atoms with Crippen molar-refractivity contribution in [3.8, 4) is 0 Å². The van der Waals surface area contributed by atoms with E-state index in [1.807, 2.05) is 18.3 Å². The molecule has 106 valence electrons. The zero-order valence-corrected chi connectivity index (χ0v) is 11.6. The molecule has 1 N–H and O–H groups in total. The van der Waals surface area contributed by atoms with Crippen molar-refractivity contribution < 1.29 is 9.53 Å². The molecule has 0 atom stereocenters. The Bertz CT molecular complexity index is 617. The molecule has 0 unspecified atom stereocenters. The van der Waals surface area contributed by atoms with Gasteiger partial charge in [0.05, 0.1) is 13.0 Å². The van der Waals surface area contributed by atoms with Crippen LogP contribution >= 0.6 is 0 Å². The molecule has 2 heterocycles. The zero-order valence-electron chi connectivity index (χ0n) is 11.6. The first-order valence-electron chi connectivity index (χ1n) is 6.99. The molecule has 0 spiro atoms. The SMILES string of the molecule is COCCn1cc(CC(=O)NC2CC2)c2cccnc21. The van der Waals surface area contributed by atoms with Gasteiger partial charge in [-0.25, -0.2) is 4.98 Å². The van der Waals surface area contributed by atoms with E-state index < -0.39 is 0 Å². The lowest BCUT2D eigenvalue weighted by molar-refractivity contribution is -0.120. The molecule has 1 saturated carbocycles. The summed E-state index contributed by atoms with van der Waals surface area (Å²) in [5.41, 5.74) is 1.95. The Morgan fingerprint density at radius 1 is 1.55 bits per heavy atom. The molecular weight excluding hydrogens is 254 g/mol. The number of pyridine rings is 1. The van der Waals surface area contributed by atoms with Crippen molar-refractivity contribution in [3.05, 3.63) is 30.1 Å². The second-order valence-electron chi connectivity index (χ2n) is 5.23. The molecule has 1 fully saturated rings. The quantitative estimate of drug-likeness (QED) is 0.868. The van der Waals surface area contributed by atoms with Crippen LogP contribution in [0.25, 0.3) is 11.0 Å².